The zero-order valence-electron chi connectivity index (χ0n) is 15.9. The molecule has 1 aromatic heterocycles. The van der Waals surface area contributed by atoms with Crippen molar-refractivity contribution in [3.05, 3.63) is 83.3 Å². The number of carbonyl (C=O) groups is 3. The van der Waals surface area contributed by atoms with E-state index in [0.29, 0.717) is 6.07 Å². The minimum Gasteiger partial charge on any atom is -0.472 e. The molecule has 0 bridgehead atoms. The number of hydrogen-bond acceptors (Lipinski definition) is 5. The second-order valence-corrected chi connectivity index (χ2v) is 6.25. The molecule has 0 fully saturated rings. The molecule has 0 saturated carbocycles. The van der Waals surface area contributed by atoms with Crippen molar-refractivity contribution in [3.8, 4) is 0 Å². The van der Waals surface area contributed by atoms with Crippen LogP contribution in [0.25, 0.3) is 0 Å². The fraction of sp³-hybridized carbons (Fsp3) is 0.0952. The number of rotatable bonds is 5. The predicted molar refractivity (Wildman–Crippen MR) is 104 cm³/mol. The Morgan fingerprint density at radius 3 is 2.10 bits per heavy atom. The van der Waals surface area contributed by atoms with Gasteiger partial charge in [-0.25, -0.2) is 4.79 Å². The summed E-state index contributed by atoms with van der Waals surface area (Å²) in [6.07, 6.45) is -2.39. The first-order valence-electron chi connectivity index (χ1n) is 8.73. The molecular formula is C21H15F3N2O5. The molecule has 3 rings (SSSR count). The Hall–Kier alpha value is -4.08. The van der Waals surface area contributed by atoms with Crippen LogP contribution in [0.3, 0.4) is 0 Å². The molecule has 3 aromatic rings. The fourth-order valence-corrected chi connectivity index (χ4v) is 2.63. The van der Waals surface area contributed by atoms with Gasteiger partial charge in [0.25, 0.3) is 11.8 Å². The first-order valence-corrected chi connectivity index (χ1v) is 8.73. The van der Waals surface area contributed by atoms with Gasteiger partial charge in [-0.1, -0.05) is 0 Å². The lowest BCUT2D eigenvalue weighted by Crippen LogP contribution is -2.18. The lowest BCUT2D eigenvalue weighted by Gasteiger charge is -2.16. The Morgan fingerprint density at radius 2 is 1.52 bits per heavy atom. The first-order chi connectivity index (χ1) is 14.7. The lowest BCUT2D eigenvalue weighted by atomic mass is 10.1. The van der Waals surface area contributed by atoms with E-state index in [-0.39, 0.29) is 22.4 Å². The zero-order chi connectivity index (χ0) is 22.6. The molecule has 0 spiro atoms. The number of methoxy groups -OCH3 is 1. The summed E-state index contributed by atoms with van der Waals surface area (Å²) in [5.41, 5.74) is -1.38. The normalized spacial score (nSPS) is 11.0. The van der Waals surface area contributed by atoms with Crippen molar-refractivity contribution in [2.75, 3.05) is 17.7 Å². The van der Waals surface area contributed by atoms with E-state index in [4.69, 9.17) is 4.42 Å². The van der Waals surface area contributed by atoms with Gasteiger partial charge < -0.3 is 19.8 Å². The minimum absolute atomic E-state index is 0.0399. The number of carbonyl (C=O) groups excluding carboxylic acids is 3. The summed E-state index contributed by atoms with van der Waals surface area (Å²) in [5, 5.41) is 4.54. The molecule has 2 amide bonds. The van der Waals surface area contributed by atoms with E-state index in [1.807, 2.05) is 0 Å². The first kappa shape index (κ1) is 21.6. The molecule has 2 aromatic carbocycles. The van der Waals surface area contributed by atoms with Crippen molar-refractivity contribution in [1.29, 1.82) is 0 Å². The number of halogens is 3. The predicted octanol–water partition coefficient (Wildman–Crippen LogP) is 4.59. The smallest absolute Gasteiger partial charge is 0.418 e. The molecule has 7 nitrogen and oxygen atoms in total. The largest absolute Gasteiger partial charge is 0.472 e. The third-order valence-electron chi connectivity index (χ3n) is 4.18. The second-order valence-electron chi connectivity index (χ2n) is 6.25. The number of esters is 1. The van der Waals surface area contributed by atoms with E-state index >= 15 is 0 Å². The van der Waals surface area contributed by atoms with Gasteiger partial charge in [0.15, 0.2) is 0 Å². The average molecular weight is 432 g/mol. The molecule has 0 aliphatic heterocycles. The molecule has 0 atom stereocenters. The van der Waals surface area contributed by atoms with Crippen LogP contribution >= 0.6 is 0 Å². The summed E-state index contributed by atoms with van der Waals surface area (Å²) in [7, 11) is 1.20. The van der Waals surface area contributed by atoms with Crippen molar-refractivity contribution in [3.63, 3.8) is 0 Å². The number of benzene rings is 2. The number of alkyl halides is 3. The van der Waals surface area contributed by atoms with Crippen LogP contribution in [0.5, 0.6) is 0 Å². The molecule has 0 radical (unpaired) electrons. The highest BCUT2D eigenvalue weighted by Crippen LogP contribution is 2.37. The molecule has 160 valence electrons. The Kier molecular flexibility index (Phi) is 6.10. The van der Waals surface area contributed by atoms with Gasteiger partial charge in [-0.3, -0.25) is 9.59 Å². The molecule has 0 aliphatic rings. The van der Waals surface area contributed by atoms with E-state index in [1.165, 1.54) is 49.8 Å². The summed E-state index contributed by atoms with van der Waals surface area (Å²) in [5.74, 6) is -2.07. The number of furan rings is 1. The summed E-state index contributed by atoms with van der Waals surface area (Å²) in [4.78, 5) is 35.9. The Balaban J connectivity index is 1.82. The van der Waals surface area contributed by atoms with Crippen molar-refractivity contribution in [2.45, 2.75) is 6.18 Å². The molecule has 2 N–H and O–H groups in total. The number of nitrogens with one attached hydrogen (secondary N) is 2. The highest BCUT2D eigenvalue weighted by molar-refractivity contribution is 6.06. The molecule has 10 heteroatoms. The second kappa shape index (κ2) is 8.74. The van der Waals surface area contributed by atoms with Crippen molar-refractivity contribution in [2.24, 2.45) is 0 Å². The Bertz CT molecular complexity index is 1110. The Morgan fingerprint density at radius 1 is 0.871 bits per heavy atom. The van der Waals surface area contributed by atoms with E-state index in [0.717, 1.165) is 12.3 Å². The number of anilines is 2. The molecule has 1 heterocycles. The third kappa shape index (κ3) is 5.10. The van der Waals surface area contributed by atoms with Crippen LogP contribution in [0.2, 0.25) is 0 Å². The maximum absolute atomic E-state index is 13.5. The van der Waals surface area contributed by atoms with E-state index in [9.17, 15) is 27.6 Å². The zero-order valence-corrected chi connectivity index (χ0v) is 15.9. The highest BCUT2D eigenvalue weighted by Gasteiger charge is 2.34. The Labute approximate surface area is 173 Å². The van der Waals surface area contributed by atoms with Gasteiger partial charge >= 0.3 is 12.1 Å². The summed E-state index contributed by atoms with van der Waals surface area (Å²) < 4.78 is 49.9. The van der Waals surface area contributed by atoms with E-state index in [1.54, 1.807) is 0 Å². The van der Waals surface area contributed by atoms with Crippen LogP contribution in [0.1, 0.15) is 36.6 Å². The molecule has 31 heavy (non-hydrogen) atoms. The van der Waals surface area contributed by atoms with Gasteiger partial charge in [0.05, 0.1) is 35.8 Å². The lowest BCUT2D eigenvalue weighted by molar-refractivity contribution is -0.136. The minimum atomic E-state index is -4.80. The topological polar surface area (TPSA) is 97.6 Å². The number of amides is 2. The third-order valence-corrected chi connectivity index (χ3v) is 4.18. The van der Waals surface area contributed by atoms with E-state index < -0.39 is 35.2 Å². The summed E-state index contributed by atoms with van der Waals surface area (Å²) >= 11 is 0. The SMILES string of the molecule is COC(=O)c1ccc(C(=O)Nc2ccc(NC(=O)c3ccoc3)cc2C(F)(F)F)cc1. The summed E-state index contributed by atoms with van der Waals surface area (Å²) in [6, 6.07) is 9.55. The average Bonchev–Trinajstić information content (AvgIpc) is 3.28. The van der Waals surface area contributed by atoms with Crippen LogP contribution in [-0.2, 0) is 10.9 Å². The standard InChI is InChI=1S/C21H15F3N2O5/c1-30-20(29)13-4-2-12(3-5-13)18(27)26-17-7-6-15(10-16(17)21(22,23)24)25-19(28)14-8-9-31-11-14/h2-11H,1H3,(H,25,28)(H,26,27). The number of ether oxygens (including phenoxy) is 1. The van der Waals surface area contributed by atoms with Gasteiger partial charge in [-0.2, -0.15) is 13.2 Å². The van der Waals surface area contributed by atoms with Crippen LogP contribution in [0.4, 0.5) is 24.5 Å². The molecule has 0 saturated heterocycles. The maximum Gasteiger partial charge on any atom is 0.418 e. The van der Waals surface area contributed by atoms with Crippen LogP contribution in [0.15, 0.2) is 65.5 Å². The van der Waals surface area contributed by atoms with Crippen molar-refractivity contribution in [1.82, 2.24) is 0 Å². The summed E-state index contributed by atoms with van der Waals surface area (Å²) in [6.45, 7) is 0. The molecule has 0 unspecified atom stereocenters. The van der Waals surface area contributed by atoms with Gasteiger partial charge in [0.1, 0.15) is 6.26 Å². The quantitative estimate of drug-likeness (QED) is 0.575. The van der Waals surface area contributed by atoms with Crippen LogP contribution < -0.4 is 10.6 Å². The van der Waals surface area contributed by atoms with E-state index in [2.05, 4.69) is 15.4 Å². The van der Waals surface area contributed by atoms with Crippen LogP contribution in [0, 0.1) is 0 Å². The van der Waals surface area contributed by atoms with Gasteiger partial charge in [-0.05, 0) is 48.5 Å². The molecule has 0 aliphatic carbocycles. The maximum atomic E-state index is 13.5. The van der Waals surface area contributed by atoms with Gasteiger partial charge in [0.2, 0.25) is 0 Å². The monoisotopic (exact) mass is 432 g/mol. The van der Waals surface area contributed by atoms with Crippen LogP contribution in [-0.4, -0.2) is 24.9 Å². The van der Waals surface area contributed by atoms with Crippen molar-refractivity contribution < 1.29 is 36.7 Å². The van der Waals surface area contributed by atoms with Gasteiger partial charge in [-0.15, -0.1) is 0 Å². The molecular weight excluding hydrogens is 417 g/mol. The highest BCUT2D eigenvalue weighted by atomic mass is 19.4. The fourth-order valence-electron chi connectivity index (χ4n) is 2.63. The van der Waals surface area contributed by atoms with Gasteiger partial charge in [0, 0.05) is 11.3 Å². The van der Waals surface area contributed by atoms with Crippen molar-refractivity contribution >= 4 is 29.2 Å². The number of hydrogen-bond donors (Lipinski definition) is 2.